The van der Waals surface area contributed by atoms with Crippen molar-refractivity contribution in [3.8, 4) is 5.69 Å². The van der Waals surface area contributed by atoms with Crippen molar-refractivity contribution in [1.29, 1.82) is 0 Å². The molecule has 0 aliphatic carbocycles. The largest absolute Gasteiger partial charge is 0.295 e. The Labute approximate surface area is 125 Å². The normalized spacial score (nSPS) is 11.1. The van der Waals surface area contributed by atoms with Crippen molar-refractivity contribution in [3.05, 3.63) is 58.3 Å². The quantitative estimate of drug-likeness (QED) is 0.613. The zero-order valence-electron chi connectivity index (χ0n) is 10.4. The van der Waals surface area contributed by atoms with Crippen LogP contribution in [0.4, 0.5) is 0 Å². The number of aromatic nitrogens is 2. The second-order valence-electron chi connectivity index (χ2n) is 4.42. The van der Waals surface area contributed by atoms with E-state index in [0.29, 0.717) is 5.88 Å². The molecule has 2 aromatic carbocycles. The van der Waals surface area contributed by atoms with Crippen molar-refractivity contribution in [3.63, 3.8) is 0 Å². The van der Waals surface area contributed by atoms with Gasteiger partial charge in [0.15, 0.2) is 0 Å². The maximum Gasteiger partial charge on any atom is 0.129 e. The molecule has 0 amide bonds. The van der Waals surface area contributed by atoms with Crippen molar-refractivity contribution in [2.75, 3.05) is 0 Å². The van der Waals surface area contributed by atoms with Crippen LogP contribution < -0.4 is 0 Å². The lowest BCUT2D eigenvalue weighted by Crippen LogP contribution is -1.98. The summed E-state index contributed by atoms with van der Waals surface area (Å²) in [7, 11) is 0. The molecule has 0 aliphatic heterocycles. The van der Waals surface area contributed by atoms with Crippen molar-refractivity contribution < 1.29 is 0 Å². The Hall–Kier alpha value is -1.32. The number of halogens is 2. The molecule has 96 valence electrons. The molecule has 3 rings (SSSR count). The summed E-state index contributed by atoms with van der Waals surface area (Å²) >= 11 is 9.56. The van der Waals surface area contributed by atoms with E-state index in [0.717, 1.165) is 32.6 Å². The predicted octanol–water partition coefficient (Wildman–Crippen LogP) is 4.84. The zero-order valence-corrected chi connectivity index (χ0v) is 12.7. The van der Waals surface area contributed by atoms with Gasteiger partial charge in [0.05, 0.1) is 16.9 Å². The summed E-state index contributed by atoms with van der Waals surface area (Å²) in [5.41, 5.74) is 4.34. The summed E-state index contributed by atoms with van der Waals surface area (Å²) in [6, 6.07) is 14.3. The van der Waals surface area contributed by atoms with E-state index in [1.165, 1.54) is 0 Å². The van der Waals surface area contributed by atoms with Gasteiger partial charge < -0.3 is 0 Å². The molecule has 0 aliphatic rings. The maximum absolute atomic E-state index is 6.05. The van der Waals surface area contributed by atoms with Gasteiger partial charge in [0.2, 0.25) is 0 Å². The van der Waals surface area contributed by atoms with Crippen LogP contribution in [0.3, 0.4) is 0 Å². The minimum Gasteiger partial charge on any atom is -0.295 e. The molecule has 0 unspecified atom stereocenters. The van der Waals surface area contributed by atoms with Gasteiger partial charge >= 0.3 is 0 Å². The molecule has 0 atom stereocenters. The highest BCUT2D eigenvalue weighted by atomic mass is 79.9. The first-order chi connectivity index (χ1) is 9.20. The van der Waals surface area contributed by atoms with Crippen LogP contribution in [0.2, 0.25) is 0 Å². The lowest BCUT2D eigenvalue weighted by Gasteiger charge is -2.08. The number of alkyl halides is 1. The molecule has 0 saturated carbocycles. The lowest BCUT2D eigenvalue weighted by molar-refractivity contribution is 0.981. The highest BCUT2D eigenvalue weighted by Crippen LogP contribution is 2.26. The second-order valence-corrected chi connectivity index (χ2v) is 5.60. The number of rotatable bonds is 2. The van der Waals surface area contributed by atoms with Crippen LogP contribution in [-0.2, 0) is 5.88 Å². The molecule has 0 bridgehead atoms. The summed E-state index contributed by atoms with van der Waals surface area (Å²) in [5.74, 6) is 1.25. The van der Waals surface area contributed by atoms with Crippen LogP contribution in [-0.4, -0.2) is 9.55 Å². The Morgan fingerprint density at radius 2 is 2.00 bits per heavy atom. The molecule has 0 N–H and O–H groups in total. The molecule has 1 aromatic heterocycles. The van der Waals surface area contributed by atoms with E-state index in [2.05, 4.69) is 56.7 Å². The molecule has 0 saturated heterocycles. The molecule has 19 heavy (non-hydrogen) atoms. The number of imidazole rings is 1. The minimum absolute atomic E-state index is 0.390. The molecule has 3 aromatic rings. The minimum atomic E-state index is 0.390. The fraction of sp³-hybridized carbons (Fsp3) is 0.133. The summed E-state index contributed by atoms with van der Waals surface area (Å²) in [5, 5.41) is 0. The molecule has 0 radical (unpaired) electrons. The molecule has 0 fully saturated rings. The van der Waals surface area contributed by atoms with Gasteiger partial charge in [-0.25, -0.2) is 4.98 Å². The monoisotopic (exact) mass is 334 g/mol. The standard InChI is InChI=1S/C15H12BrClN2/c1-10-4-2-7-13-15(10)18-14(9-17)19(13)12-6-3-5-11(16)8-12/h2-8H,9H2,1H3. The fourth-order valence-electron chi connectivity index (χ4n) is 2.28. The van der Waals surface area contributed by atoms with E-state index in [4.69, 9.17) is 11.6 Å². The SMILES string of the molecule is Cc1cccc2c1nc(CCl)n2-c1cccc(Br)c1. The van der Waals surface area contributed by atoms with Crippen LogP contribution >= 0.6 is 27.5 Å². The van der Waals surface area contributed by atoms with E-state index in [-0.39, 0.29) is 0 Å². The van der Waals surface area contributed by atoms with Gasteiger partial charge in [-0.2, -0.15) is 0 Å². The molecular weight excluding hydrogens is 324 g/mol. The molecule has 1 heterocycles. The van der Waals surface area contributed by atoms with Crippen LogP contribution in [0.15, 0.2) is 46.9 Å². The summed E-state index contributed by atoms with van der Waals surface area (Å²) in [6.07, 6.45) is 0. The van der Waals surface area contributed by atoms with E-state index < -0.39 is 0 Å². The summed E-state index contributed by atoms with van der Waals surface area (Å²) < 4.78 is 3.15. The number of benzene rings is 2. The number of fused-ring (bicyclic) bond motifs is 1. The summed E-state index contributed by atoms with van der Waals surface area (Å²) in [4.78, 5) is 4.65. The van der Waals surface area contributed by atoms with Gasteiger partial charge in [-0.05, 0) is 36.8 Å². The van der Waals surface area contributed by atoms with Gasteiger partial charge in [-0.3, -0.25) is 4.57 Å². The Morgan fingerprint density at radius 1 is 1.21 bits per heavy atom. The Morgan fingerprint density at radius 3 is 2.74 bits per heavy atom. The Bertz CT molecular complexity index is 749. The third kappa shape index (κ3) is 2.17. The van der Waals surface area contributed by atoms with Gasteiger partial charge in [0.1, 0.15) is 5.82 Å². The number of hydrogen-bond donors (Lipinski definition) is 0. The van der Waals surface area contributed by atoms with Crippen molar-refractivity contribution in [2.45, 2.75) is 12.8 Å². The van der Waals surface area contributed by atoms with Crippen LogP contribution in [0.1, 0.15) is 11.4 Å². The van der Waals surface area contributed by atoms with Crippen molar-refractivity contribution in [2.24, 2.45) is 0 Å². The smallest absolute Gasteiger partial charge is 0.129 e. The fourth-order valence-corrected chi connectivity index (χ4v) is 2.85. The summed E-state index contributed by atoms with van der Waals surface area (Å²) in [6.45, 7) is 2.07. The molecule has 2 nitrogen and oxygen atoms in total. The Balaban J connectivity index is 2.36. The van der Waals surface area contributed by atoms with Crippen LogP contribution in [0.25, 0.3) is 16.7 Å². The molecular formula is C15H12BrClN2. The first-order valence-electron chi connectivity index (χ1n) is 5.99. The average molecular weight is 336 g/mol. The first kappa shape index (κ1) is 12.7. The molecule has 4 heteroatoms. The van der Waals surface area contributed by atoms with Gasteiger partial charge in [-0.15, -0.1) is 11.6 Å². The third-order valence-electron chi connectivity index (χ3n) is 3.14. The van der Waals surface area contributed by atoms with Crippen LogP contribution in [0.5, 0.6) is 0 Å². The van der Waals surface area contributed by atoms with Gasteiger partial charge in [0.25, 0.3) is 0 Å². The Kier molecular flexibility index (Phi) is 3.33. The molecule has 0 spiro atoms. The van der Waals surface area contributed by atoms with E-state index in [9.17, 15) is 0 Å². The number of hydrogen-bond acceptors (Lipinski definition) is 1. The van der Waals surface area contributed by atoms with Crippen molar-refractivity contribution >= 4 is 38.6 Å². The zero-order chi connectivity index (χ0) is 13.4. The van der Waals surface area contributed by atoms with E-state index >= 15 is 0 Å². The predicted molar refractivity (Wildman–Crippen MR) is 83.1 cm³/mol. The van der Waals surface area contributed by atoms with Gasteiger partial charge in [0, 0.05) is 10.2 Å². The highest BCUT2D eigenvalue weighted by Gasteiger charge is 2.12. The van der Waals surface area contributed by atoms with E-state index in [1.807, 2.05) is 18.2 Å². The topological polar surface area (TPSA) is 17.8 Å². The van der Waals surface area contributed by atoms with Crippen molar-refractivity contribution in [1.82, 2.24) is 9.55 Å². The number of para-hydroxylation sites is 1. The average Bonchev–Trinajstić information content (AvgIpc) is 2.78. The number of aryl methyl sites for hydroxylation is 1. The third-order valence-corrected chi connectivity index (χ3v) is 3.87. The first-order valence-corrected chi connectivity index (χ1v) is 7.32. The van der Waals surface area contributed by atoms with Crippen LogP contribution in [0, 0.1) is 6.92 Å². The second kappa shape index (κ2) is 4.99. The van der Waals surface area contributed by atoms with Gasteiger partial charge in [-0.1, -0.05) is 34.1 Å². The number of nitrogens with zero attached hydrogens (tertiary/aromatic N) is 2. The highest BCUT2D eigenvalue weighted by molar-refractivity contribution is 9.10. The maximum atomic E-state index is 6.05. The van der Waals surface area contributed by atoms with E-state index in [1.54, 1.807) is 0 Å². The lowest BCUT2D eigenvalue weighted by atomic mass is 10.2.